The van der Waals surface area contributed by atoms with Crippen molar-refractivity contribution in [1.82, 2.24) is 14.9 Å². The van der Waals surface area contributed by atoms with Crippen LogP contribution in [0.3, 0.4) is 0 Å². The van der Waals surface area contributed by atoms with Gasteiger partial charge in [-0.3, -0.25) is 5.32 Å². The molecule has 1 aliphatic rings. The summed E-state index contributed by atoms with van der Waals surface area (Å²) in [6.07, 6.45) is 7.05. The van der Waals surface area contributed by atoms with E-state index in [0.717, 1.165) is 31.1 Å². The van der Waals surface area contributed by atoms with Gasteiger partial charge in [0.2, 0.25) is 0 Å². The summed E-state index contributed by atoms with van der Waals surface area (Å²) in [5, 5.41) is 3.30. The first kappa shape index (κ1) is 13.1. The minimum absolute atomic E-state index is 0.242. The largest absolute Gasteiger partial charge is 0.468 e. The molecule has 1 N–H and O–H groups in total. The van der Waals surface area contributed by atoms with E-state index in [2.05, 4.69) is 17.2 Å². The third kappa shape index (κ3) is 3.10. The topological polar surface area (TPSA) is 56.2 Å². The molecular formula is C13H21N3O2. The van der Waals surface area contributed by atoms with Gasteiger partial charge in [-0.15, -0.1) is 0 Å². The number of methoxy groups -OCH3 is 1. The number of hydrogen-bond donors (Lipinski definition) is 1. The van der Waals surface area contributed by atoms with Crippen molar-refractivity contribution in [2.24, 2.45) is 5.92 Å². The lowest BCUT2D eigenvalue weighted by Crippen LogP contribution is -2.32. The Bertz CT molecular complexity index is 399. The molecule has 0 bridgehead atoms. The van der Waals surface area contributed by atoms with Crippen LogP contribution in [0.2, 0.25) is 0 Å². The quantitative estimate of drug-likeness (QED) is 0.746. The molecule has 5 heteroatoms. The summed E-state index contributed by atoms with van der Waals surface area (Å²) < 4.78 is 6.89. The minimum atomic E-state index is -0.398. The van der Waals surface area contributed by atoms with Crippen LogP contribution in [0.25, 0.3) is 0 Å². The molecule has 1 aromatic heterocycles. The lowest BCUT2D eigenvalue weighted by atomic mass is 10.2. The third-order valence-corrected chi connectivity index (χ3v) is 3.25. The summed E-state index contributed by atoms with van der Waals surface area (Å²) in [4.78, 5) is 16.0. The maximum absolute atomic E-state index is 11.9. The Morgan fingerprint density at radius 2 is 2.44 bits per heavy atom. The average molecular weight is 251 g/mol. The molecule has 100 valence electrons. The number of carbonyl (C=O) groups is 1. The Morgan fingerprint density at radius 1 is 1.67 bits per heavy atom. The van der Waals surface area contributed by atoms with Gasteiger partial charge in [-0.2, -0.15) is 0 Å². The first-order valence-corrected chi connectivity index (χ1v) is 6.57. The Hall–Kier alpha value is -1.36. The molecule has 0 amide bonds. The molecule has 1 atom stereocenters. The lowest BCUT2D eigenvalue weighted by Gasteiger charge is -2.18. The molecule has 1 saturated carbocycles. The molecule has 0 saturated heterocycles. The van der Waals surface area contributed by atoms with Crippen molar-refractivity contribution in [2.75, 3.05) is 13.7 Å². The van der Waals surface area contributed by atoms with E-state index in [1.54, 1.807) is 12.5 Å². The number of imidazole rings is 1. The highest BCUT2D eigenvalue weighted by Crippen LogP contribution is 2.28. The van der Waals surface area contributed by atoms with Gasteiger partial charge in [-0.05, 0) is 31.7 Å². The van der Waals surface area contributed by atoms with E-state index in [1.807, 2.05) is 4.57 Å². The summed E-state index contributed by atoms with van der Waals surface area (Å²) in [7, 11) is 1.43. The molecule has 5 nitrogen and oxygen atoms in total. The number of ether oxygens (including phenoxy) is 1. The lowest BCUT2D eigenvalue weighted by molar-refractivity contribution is -0.143. The fourth-order valence-corrected chi connectivity index (χ4v) is 2.03. The second-order valence-corrected chi connectivity index (χ2v) is 4.82. The standard InChI is InChI=1S/C13H21N3O2/c1-3-6-16-9-14-8-11(16)12(13(17)18-2)15-7-10-4-5-10/h8-10,12,15H,3-7H2,1-2H3. The van der Waals surface area contributed by atoms with Crippen molar-refractivity contribution in [1.29, 1.82) is 0 Å². The maximum Gasteiger partial charge on any atom is 0.329 e. The normalized spacial score (nSPS) is 16.6. The highest BCUT2D eigenvalue weighted by atomic mass is 16.5. The minimum Gasteiger partial charge on any atom is -0.468 e. The van der Waals surface area contributed by atoms with E-state index >= 15 is 0 Å². The van der Waals surface area contributed by atoms with Crippen LogP contribution in [0.1, 0.15) is 37.9 Å². The molecule has 0 spiro atoms. The summed E-state index contributed by atoms with van der Waals surface area (Å²) >= 11 is 0. The smallest absolute Gasteiger partial charge is 0.329 e. The summed E-state index contributed by atoms with van der Waals surface area (Å²) in [5.74, 6) is 0.480. The van der Waals surface area contributed by atoms with Crippen molar-refractivity contribution in [2.45, 2.75) is 38.8 Å². The van der Waals surface area contributed by atoms with Crippen LogP contribution >= 0.6 is 0 Å². The zero-order valence-electron chi connectivity index (χ0n) is 11.1. The summed E-state index contributed by atoms with van der Waals surface area (Å²) in [6.45, 7) is 3.85. The number of nitrogens with one attached hydrogen (secondary N) is 1. The van der Waals surface area contributed by atoms with Gasteiger partial charge in [0.25, 0.3) is 0 Å². The highest BCUT2D eigenvalue weighted by Gasteiger charge is 2.28. The average Bonchev–Trinajstić information content (AvgIpc) is 3.10. The van der Waals surface area contributed by atoms with Crippen LogP contribution in [0, 0.1) is 5.92 Å². The molecular weight excluding hydrogens is 230 g/mol. The van der Waals surface area contributed by atoms with E-state index in [1.165, 1.54) is 20.0 Å². The van der Waals surface area contributed by atoms with E-state index in [0.29, 0.717) is 0 Å². The highest BCUT2D eigenvalue weighted by molar-refractivity contribution is 5.76. The maximum atomic E-state index is 11.9. The van der Waals surface area contributed by atoms with Crippen molar-refractivity contribution in [3.63, 3.8) is 0 Å². The van der Waals surface area contributed by atoms with E-state index in [9.17, 15) is 4.79 Å². The molecule has 1 aliphatic carbocycles. The van der Waals surface area contributed by atoms with Crippen LogP contribution in [0.4, 0.5) is 0 Å². The summed E-state index contributed by atoms with van der Waals surface area (Å²) in [5.41, 5.74) is 0.893. The van der Waals surface area contributed by atoms with Gasteiger partial charge in [-0.25, -0.2) is 9.78 Å². The van der Waals surface area contributed by atoms with Crippen LogP contribution in [-0.2, 0) is 16.1 Å². The number of aryl methyl sites for hydroxylation is 1. The second-order valence-electron chi connectivity index (χ2n) is 4.82. The van der Waals surface area contributed by atoms with Crippen LogP contribution in [0.5, 0.6) is 0 Å². The fourth-order valence-electron chi connectivity index (χ4n) is 2.03. The van der Waals surface area contributed by atoms with Gasteiger partial charge >= 0.3 is 5.97 Å². The molecule has 0 radical (unpaired) electrons. The third-order valence-electron chi connectivity index (χ3n) is 3.25. The molecule has 18 heavy (non-hydrogen) atoms. The second kappa shape index (κ2) is 6.00. The predicted molar refractivity (Wildman–Crippen MR) is 68.0 cm³/mol. The predicted octanol–water partition coefficient (Wildman–Crippen LogP) is 1.51. The SMILES string of the molecule is CCCn1cncc1C(NCC1CC1)C(=O)OC. The molecule has 1 heterocycles. The Labute approximate surface area is 108 Å². The number of rotatable bonds is 7. The number of hydrogen-bond acceptors (Lipinski definition) is 4. The zero-order chi connectivity index (χ0) is 13.0. The first-order valence-electron chi connectivity index (χ1n) is 6.57. The van der Waals surface area contributed by atoms with E-state index in [4.69, 9.17) is 4.74 Å². The number of nitrogens with zero attached hydrogens (tertiary/aromatic N) is 2. The van der Waals surface area contributed by atoms with Gasteiger partial charge in [-0.1, -0.05) is 6.92 Å². The molecule has 0 aromatic carbocycles. The number of carbonyl (C=O) groups excluding carboxylic acids is 1. The van der Waals surface area contributed by atoms with Crippen molar-refractivity contribution < 1.29 is 9.53 Å². The first-order chi connectivity index (χ1) is 8.76. The van der Waals surface area contributed by atoms with Crippen LogP contribution in [-0.4, -0.2) is 29.2 Å². The Morgan fingerprint density at radius 3 is 3.06 bits per heavy atom. The van der Waals surface area contributed by atoms with Crippen molar-refractivity contribution in [3.05, 3.63) is 18.2 Å². The molecule has 1 aromatic rings. The van der Waals surface area contributed by atoms with Crippen LogP contribution < -0.4 is 5.32 Å². The molecule has 1 fully saturated rings. The Balaban J connectivity index is 2.09. The number of aromatic nitrogens is 2. The van der Waals surface area contributed by atoms with Gasteiger partial charge in [0.1, 0.15) is 6.04 Å². The zero-order valence-corrected chi connectivity index (χ0v) is 11.1. The van der Waals surface area contributed by atoms with Gasteiger partial charge in [0.15, 0.2) is 0 Å². The fraction of sp³-hybridized carbons (Fsp3) is 0.692. The molecule has 1 unspecified atom stereocenters. The van der Waals surface area contributed by atoms with Crippen molar-refractivity contribution >= 4 is 5.97 Å². The Kier molecular flexibility index (Phi) is 4.36. The van der Waals surface area contributed by atoms with E-state index in [-0.39, 0.29) is 5.97 Å². The molecule has 2 rings (SSSR count). The number of esters is 1. The van der Waals surface area contributed by atoms with Gasteiger partial charge in [0.05, 0.1) is 25.3 Å². The van der Waals surface area contributed by atoms with E-state index < -0.39 is 6.04 Å². The monoisotopic (exact) mass is 251 g/mol. The van der Waals surface area contributed by atoms with Gasteiger partial charge in [0, 0.05) is 6.54 Å². The van der Waals surface area contributed by atoms with Crippen LogP contribution in [0.15, 0.2) is 12.5 Å². The van der Waals surface area contributed by atoms with Gasteiger partial charge < -0.3 is 9.30 Å². The summed E-state index contributed by atoms with van der Waals surface area (Å²) in [6, 6.07) is -0.398. The van der Waals surface area contributed by atoms with Crippen molar-refractivity contribution in [3.8, 4) is 0 Å². The molecule has 0 aliphatic heterocycles.